The van der Waals surface area contributed by atoms with E-state index < -0.39 is 15.9 Å². The van der Waals surface area contributed by atoms with Crippen LogP contribution in [0.4, 0.5) is 5.69 Å². The van der Waals surface area contributed by atoms with E-state index in [1.165, 1.54) is 16.4 Å². The number of hydrogen-bond acceptors (Lipinski definition) is 5. The van der Waals surface area contributed by atoms with Crippen LogP contribution < -0.4 is 14.8 Å². The zero-order chi connectivity index (χ0) is 23.7. The molecule has 0 fully saturated rings. The van der Waals surface area contributed by atoms with Crippen molar-refractivity contribution in [3.8, 4) is 17.2 Å². The van der Waals surface area contributed by atoms with E-state index in [2.05, 4.69) is 5.32 Å². The standard InChI is InChI=1S/C25H28N2O5S/c1-3-18-27(33(29,30)22-16-14-20(15-17-22)31-4-2)19-25(28)26-23-12-8-9-13-24(23)32-21-10-6-5-7-11-21/h5-17H,3-4,18-19H2,1-2H3,(H,26,28). The van der Waals surface area contributed by atoms with Crippen molar-refractivity contribution in [1.82, 2.24) is 4.31 Å². The molecule has 174 valence electrons. The Labute approximate surface area is 195 Å². The molecule has 1 N–H and O–H groups in total. The third kappa shape index (κ3) is 6.57. The van der Waals surface area contributed by atoms with Gasteiger partial charge >= 0.3 is 0 Å². The molecule has 0 atom stereocenters. The lowest BCUT2D eigenvalue weighted by molar-refractivity contribution is -0.116. The molecule has 0 saturated carbocycles. The highest BCUT2D eigenvalue weighted by Gasteiger charge is 2.26. The molecule has 1 amide bonds. The smallest absolute Gasteiger partial charge is 0.243 e. The Balaban J connectivity index is 1.74. The molecule has 7 nitrogen and oxygen atoms in total. The molecule has 33 heavy (non-hydrogen) atoms. The van der Waals surface area contributed by atoms with Crippen LogP contribution in [-0.2, 0) is 14.8 Å². The van der Waals surface area contributed by atoms with Crippen LogP contribution in [0.2, 0.25) is 0 Å². The Morgan fingerprint density at radius 1 is 0.879 bits per heavy atom. The number of hydrogen-bond donors (Lipinski definition) is 1. The number of rotatable bonds is 11. The third-order valence-electron chi connectivity index (χ3n) is 4.70. The summed E-state index contributed by atoms with van der Waals surface area (Å²) >= 11 is 0. The lowest BCUT2D eigenvalue weighted by atomic mass is 10.3. The predicted molar refractivity (Wildman–Crippen MR) is 128 cm³/mol. The highest BCUT2D eigenvalue weighted by Crippen LogP contribution is 2.29. The summed E-state index contributed by atoms with van der Waals surface area (Å²) in [5, 5.41) is 2.78. The zero-order valence-corrected chi connectivity index (χ0v) is 19.5. The van der Waals surface area contributed by atoms with Gasteiger partial charge in [0.25, 0.3) is 0 Å². The Morgan fingerprint density at radius 2 is 1.55 bits per heavy atom. The first-order valence-corrected chi connectivity index (χ1v) is 12.2. The van der Waals surface area contributed by atoms with E-state index >= 15 is 0 Å². The molecule has 0 aliphatic heterocycles. The molecule has 0 radical (unpaired) electrons. The molecule has 3 aromatic carbocycles. The van der Waals surface area contributed by atoms with Crippen molar-refractivity contribution in [3.05, 3.63) is 78.9 Å². The summed E-state index contributed by atoms with van der Waals surface area (Å²) in [6.45, 7) is 4.11. The third-order valence-corrected chi connectivity index (χ3v) is 6.56. The van der Waals surface area contributed by atoms with Crippen LogP contribution in [-0.4, -0.2) is 38.3 Å². The number of nitrogens with one attached hydrogen (secondary N) is 1. The molecule has 0 aromatic heterocycles. The fraction of sp³-hybridized carbons (Fsp3) is 0.240. The molecule has 8 heteroatoms. The summed E-state index contributed by atoms with van der Waals surface area (Å²) in [5.74, 6) is 1.23. The number of anilines is 1. The molecule has 0 unspecified atom stereocenters. The van der Waals surface area contributed by atoms with Gasteiger partial charge in [-0.25, -0.2) is 8.42 Å². The fourth-order valence-electron chi connectivity index (χ4n) is 3.18. The summed E-state index contributed by atoms with van der Waals surface area (Å²) in [5.41, 5.74) is 0.460. The normalized spacial score (nSPS) is 11.2. The van der Waals surface area contributed by atoms with Gasteiger partial charge < -0.3 is 14.8 Å². The van der Waals surface area contributed by atoms with Crippen molar-refractivity contribution in [3.63, 3.8) is 0 Å². The highest BCUT2D eigenvalue weighted by molar-refractivity contribution is 7.89. The monoisotopic (exact) mass is 468 g/mol. The van der Waals surface area contributed by atoms with Crippen LogP contribution in [0.25, 0.3) is 0 Å². The SMILES string of the molecule is CCCN(CC(=O)Nc1ccccc1Oc1ccccc1)S(=O)(=O)c1ccc(OCC)cc1. The van der Waals surface area contributed by atoms with Gasteiger partial charge in [0.15, 0.2) is 5.75 Å². The predicted octanol–water partition coefficient (Wildman–Crippen LogP) is 4.92. The van der Waals surface area contributed by atoms with Gasteiger partial charge in [0.05, 0.1) is 23.7 Å². The minimum absolute atomic E-state index is 0.111. The van der Waals surface area contributed by atoms with E-state index in [0.29, 0.717) is 36.0 Å². The molecule has 0 aliphatic carbocycles. The van der Waals surface area contributed by atoms with Crippen LogP contribution in [0, 0.1) is 0 Å². The summed E-state index contributed by atoms with van der Waals surface area (Å²) in [6.07, 6.45) is 0.567. The summed E-state index contributed by atoms with van der Waals surface area (Å²) in [4.78, 5) is 12.9. The number of carbonyl (C=O) groups is 1. The number of ether oxygens (including phenoxy) is 2. The van der Waals surface area contributed by atoms with Gasteiger partial charge in [-0.2, -0.15) is 4.31 Å². The van der Waals surface area contributed by atoms with Gasteiger partial charge in [-0.1, -0.05) is 37.3 Å². The summed E-state index contributed by atoms with van der Waals surface area (Å²) < 4.78 is 38.8. The molecule has 0 heterocycles. The fourth-order valence-corrected chi connectivity index (χ4v) is 4.67. The molecule has 0 saturated heterocycles. The number of para-hydroxylation sites is 3. The van der Waals surface area contributed by atoms with Gasteiger partial charge in [-0.3, -0.25) is 4.79 Å². The van der Waals surface area contributed by atoms with E-state index in [9.17, 15) is 13.2 Å². The second-order valence-electron chi connectivity index (χ2n) is 7.20. The van der Waals surface area contributed by atoms with Crippen molar-refractivity contribution in [2.45, 2.75) is 25.2 Å². The Kier molecular flexibility index (Phi) is 8.46. The molecule has 0 bridgehead atoms. The van der Waals surface area contributed by atoms with Crippen molar-refractivity contribution >= 4 is 21.6 Å². The van der Waals surface area contributed by atoms with Gasteiger partial charge in [0.2, 0.25) is 15.9 Å². The largest absolute Gasteiger partial charge is 0.494 e. The first kappa shape index (κ1) is 24.3. The number of carbonyl (C=O) groups excluding carboxylic acids is 1. The van der Waals surface area contributed by atoms with Crippen molar-refractivity contribution < 1.29 is 22.7 Å². The number of benzene rings is 3. The topological polar surface area (TPSA) is 84.9 Å². The van der Waals surface area contributed by atoms with Crippen molar-refractivity contribution in [1.29, 1.82) is 0 Å². The van der Waals surface area contributed by atoms with Gasteiger partial charge in [0, 0.05) is 6.54 Å². The van der Waals surface area contributed by atoms with Crippen LogP contribution in [0.15, 0.2) is 83.8 Å². The second-order valence-corrected chi connectivity index (χ2v) is 9.14. The molecule has 0 aliphatic rings. The minimum Gasteiger partial charge on any atom is -0.494 e. The van der Waals surface area contributed by atoms with Crippen molar-refractivity contribution in [2.24, 2.45) is 0 Å². The number of sulfonamides is 1. The lowest BCUT2D eigenvalue weighted by Gasteiger charge is -2.21. The Hall–Kier alpha value is -3.36. The average Bonchev–Trinajstić information content (AvgIpc) is 2.81. The Morgan fingerprint density at radius 3 is 2.21 bits per heavy atom. The minimum atomic E-state index is -3.86. The van der Waals surface area contributed by atoms with Crippen LogP contribution >= 0.6 is 0 Å². The maximum atomic E-state index is 13.2. The maximum absolute atomic E-state index is 13.2. The first-order chi connectivity index (χ1) is 15.9. The van der Waals surface area contributed by atoms with Crippen LogP contribution in [0.3, 0.4) is 0 Å². The summed E-state index contributed by atoms with van der Waals surface area (Å²) in [6, 6.07) is 22.4. The molecule has 3 aromatic rings. The van der Waals surface area contributed by atoms with Gasteiger partial charge in [-0.15, -0.1) is 0 Å². The number of nitrogens with zero attached hydrogens (tertiary/aromatic N) is 1. The molecular formula is C25H28N2O5S. The zero-order valence-electron chi connectivity index (χ0n) is 18.7. The highest BCUT2D eigenvalue weighted by atomic mass is 32.2. The molecular weight excluding hydrogens is 440 g/mol. The molecule has 3 rings (SSSR count). The molecule has 0 spiro atoms. The number of amides is 1. The van der Waals surface area contributed by atoms with Crippen LogP contribution in [0.1, 0.15) is 20.3 Å². The van der Waals surface area contributed by atoms with E-state index in [1.807, 2.05) is 44.2 Å². The van der Waals surface area contributed by atoms with Crippen LogP contribution in [0.5, 0.6) is 17.2 Å². The first-order valence-electron chi connectivity index (χ1n) is 10.8. The van der Waals surface area contributed by atoms with Crippen molar-refractivity contribution in [2.75, 3.05) is 25.0 Å². The van der Waals surface area contributed by atoms with E-state index in [-0.39, 0.29) is 18.0 Å². The lowest BCUT2D eigenvalue weighted by Crippen LogP contribution is -2.38. The van der Waals surface area contributed by atoms with E-state index in [0.717, 1.165) is 0 Å². The van der Waals surface area contributed by atoms with E-state index in [1.54, 1.807) is 36.4 Å². The second kappa shape index (κ2) is 11.5. The Bertz CT molecular complexity index is 1150. The quantitative estimate of drug-likeness (QED) is 0.432. The van der Waals surface area contributed by atoms with Gasteiger partial charge in [-0.05, 0) is 61.9 Å². The van der Waals surface area contributed by atoms with E-state index in [4.69, 9.17) is 9.47 Å². The van der Waals surface area contributed by atoms with Gasteiger partial charge in [0.1, 0.15) is 11.5 Å². The maximum Gasteiger partial charge on any atom is 0.243 e. The average molecular weight is 469 g/mol. The summed E-state index contributed by atoms with van der Waals surface area (Å²) in [7, 11) is -3.86.